The first-order valence-corrected chi connectivity index (χ1v) is 4.66. The first-order valence-electron chi connectivity index (χ1n) is 4.66. The molecule has 12 heavy (non-hydrogen) atoms. The molecule has 0 aliphatic carbocycles. The molecule has 1 unspecified atom stereocenters. The summed E-state index contributed by atoms with van der Waals surface area (Å²) in [5.41, 5.74) is 0.0723. The van der Waals surface area contributed by atoms with Gasteiger partial charge in [-0.25, -0.2) is 0 Å². The molecule has 0 bridgehead atoms. The van der Waals surface area contributed by atoms with Crippen LogP contribution in [0.5, 0.6) is 0 Å². The summed E-state index contributed by atoms with van der Waals surface area (Å²) in [6.45, 7) is 9.81. The summed E-state index contributed by atoms with van der Waals surface area (Å²) in [5.74, 6) is 0.208. The van der Waals surface area contributed by atoms with Crippen LogP contribution >= 0.6 is 0 Å². The summed E-state index contributed by atoms with van der Waals surface area (Å²) in [5, 5.41) is 8.92. The van der Waals surface area contributed by atoms with Crippen molar-refractivity contribution < 1.29 is 0 Å². The van der Waals surface area contributed by atoms with Gasteiger partial charge >= 0.3 is 0 Å². The summed E-state index contributed by atoms with van der Waals surface area (Å²) >= 11 is 0. The van der Waals surface area contributed by atoms with E-state index in [1.54, 1.807) is 0 Å². The maximum atomic E-state index is 8.92. The van der Waals surface area contributed by atoms with Crippen molar-refractivity contribution >= 4 is 0 Å². The molecule has 1 aliphatic rings. The van der Waals surface area contributed by atoms with Crippen molar-refractivity contribution in [3.63, 3.8) is 0 Å². The molecular formula is C10H18N2. The van der Waals surface area contributed by atoms with E-state index in [-0.39, 0.29) is 11.5 Å². The third-order valence-corrected chi connectivity index (χ3v) is 3.03. The van der Waals surface area contributed by atoms with Crippen LogP contribution in [0.1, 0.15) is 34.1 Å². The third-order valence-electron chi connectivity index (χ3n) is 3.03. The van der Waals surface area contributed by atoms with Gasteiger partial charge < -0.3 is 0 Å². The first kappa shape index (κ1) is 9.54. The second-order valence-corrected chi connectivity index (χ2v) is 4.41. The molecule has 1 atom stereocenters. The van der Waals surface area contributed by atoms with E-state index in [0.29, 0.717) is 6.04 Å². The summed E-state index contributed by atoms with van der Waals surface area (Å²) in [6, 6.07) is 2.95. The lowest BCUT2D eigenvalue weighted by Gasteiger charge is -2.36. The van der Waals surface area contributed by atoms with Crippen LogP contribution in [-0.2, 0) is 0 Å². The maximum Gasteiger partial charge on any atom is 0.0675 e. The van der Waals surface area contributed by atoms with Gasteiger partial charge in [-0.3, -0.25) is 4.90 Å². The van der Waals surface area contributed by atoms with Gasteiger partial charge in [-0.1, -0.05) is 0 Å². The molecular weight excluding hydrogens is 148 g/mol. The standard InChI is InChI=1S/C10H18N2/c1-8(2)12-6-5-9(7-11)10(12,3)4/h8-9H,5-6H2,1-4H3. The van der Waals surface area contributed by atoms with Gasteiger partial charge in [-0.15, -0.1) is 0 Å². The Morgan fingerprint density at radius 3 is 2.33 bits per heavy atom. The number of hydrogen-bond donors (Lipinski definition) is 0. The Hall–Kier alpha value is -0.550. The van der Waals surface area contributed by atoms with Gasteiger partial charge in [0.05, 0.1) is 12.0 Å². The fourth-order valence-corrected chi connectivity index (χ4v) is 2.26. The van der Waals surface area contributed by atoms with E-state index in [4.69, 9.17) is 5.26 Å². The number of likely N-dealkylation sites (tertiary alicyclic amines) is 1. The molecule has 0 saturated carbocycles. The lowest BCUT2D eigenvalue weighted by atomic mass is 9.89. The summed E-state index contributed by atoms with van der Waals surface area (Å²) in [6.07, 6.45) is 1.03. The van der Waals surface area contributed by atoms with Crippen molar-refractivity contribution in [3.8, 4) is 6.07 Å². The first-order chi connectivity index (χ1) is 5.50. The van der Waals surface area contributed by atoms with Crippen LogP contribution in [0.2, 0.25) is 0 Å². The number of rotatable bonds is 1. The minimum absolute atomic E-state index is 0.0723. The maximum absolute atomic E-state index is 8.92. The van der Waals surface area contributed by atoms with Gasteiger partial charge in [0.25, 0.3) is 0 Å². The molecule has 0 amide bonds. The highest BCUT2D eigenvalue weighted by Gasteiger charge is 2.42. The predicted octanol–water partition coefficient (Wildman–Crippen LogP) is 2.02. The Bertz CT molecular complexity index is 200. The zero-order chi connectivity index (χ0) is 9.35. The Balaban J connectivity index is 2.79. The summed E-state index contributed by atoms with van der Waals surface area (Å²) < 4.78 is 0. The molecule has 1 saturated heterocycles. The molecule has 0 spiro atoms. The van der Waals surface area contributed by atoms with Crippen LogP contribution < -0.4 is 0 Å². The zero-order valence-electron chi connectivity index (χ0n) is 8.46. The molecule has 0 aromatic rings. The molecule has 0 aromatic heterocycles. The van der Waals surface area contributed by atoms with Gasteiger partial charge in [-0.05, 0) is 34.1 Å². The lowest BCUT2D eigenvalue weighted by Crippen LogP contribution is -2.45. The highest BCUT2D eigenvalue weighted by atomic mass is 15.2. The lowest BCUT2D eigenvalue weighted by molar-refractivity contribution is 0.119. The zero-order valence-corrected chi connectivity index (χ0v) is 8.46. The smallest absolute Gasteiger partial charge is 0.0675 e. The van der Waals surface area contributed by atoms with Gasteiger partial charge in [-0.2, -0.15) is 5.26 Å². The number of nitriles is 1. The minimum Gasteiger partial charge on any atom is -0.294 e. The van der Waals surface area contributed by atoms with Crippen LogP contribution in [0, 0.1) is 17.2 Å². The Morgan fingerprint density at radius 2 is 2.08 bits per heavy atom. The van der Waals surface area contributed by atoms with Gasteiger partial charge in [0.2, 0.25) is 0 Å². The average Bonchev–Trinajstić information content (AvgIpc) is 2.24. The van der Waals surface area contributed by atoms with E-state index < -0.39 is 0 Å². The van der Waals surface area contributed by atoms with Crippen LogP contribution in [0.3, 0.4) is 0 Å². The van der Waals surface area contributed by atoms with Crippen LogP contribution in [0.15, 0.2) is 0 Å². The predicted molar refractivity (Wildman–Crippen MR) is 49.6 cm³/mol. The van der Waals surface area contributed by atoms with E-state index in [1.807, 2.05) is 0 Å². The minimum atomic E-state index is 0.0723. The molecule has 2 nitrogen and oxygen atoms in total. The molecule has 1 fully saturated rings. The highest BCUT2D eigenvalue weighted by Crippen LogP contribution is 2.35. The van der Waals surface area contributed by atoms with E-state index in [2.05, 4.69) is 38.7 Å². The second kappa shape index (κ2) is 3.06. The molecule has 2 heteroatoms. The van der Waals surface area contributed by atoms with Gasteiger partial charge in [0.1, 0.15) is 0 Å². The van der Waals surface area contributed by atoms with Crippen molar-refractivity contribution in [2.45, 2.75) is 45.7 Å². The van der Waals surface area contributed by atoms with Gasteiger partial charge in [0.15, 0.2) is 0 Å². The summed E-state index contributed by atoms with van der Waals surface area (Å²) in [4.78, 5) is 2.42. The van der Waals surface area contributed by atoms with E-state index in [9.17, 15) is 0 Å². The fourth-order valence-electron chi connectivity index (χ4n) is 2.26. The van der Waals surface area contributed by atoms with Crippen LogP contribution in [0.25, 0.3) is 0 Å². The molecule has 0 aromatic carbocycles. The van der Waals surface area contributed by atoms with Crippen molar-refractivity contribution in [1.82, 2.24) is 4.90 Å². The monoisotopic (exact) mass is 166 g/mol. The number of hydrogen-bond acceptors (Lipinski definition) is 2. The van der Waals surface area contributed by atoms with E-state index in [0.717, 1.165) is 13.0 Å². The fraction of sp³-hybridized carbons (Fsp3) is 0.900. The Morgan fingerprint density at radius 1 is 1.50 bits per heavy atom. The quantitative estimate of drug-likeness (QED) is 0.596. The molecule has 0 radical (unpaired) electrons. The number of nitrogens with zero attached hydrogens (tertiary/aromatic N) is 2. The largest absolute Gasteiger partial charge is 0.294 e. The van der Waals surface area contributed by atoms with Crippen molar-refractivity contribution in [3.05, 3.63) is 0 Å². The molecule has 1 rings (SSSR count). The van der Waals surface area contributed by atoms with Crippen molar-refractivity contribution in [2.75, 3.05) is 6.54 Å². The Labute approximate surface area is 75.2 Å². The molecule has 68 valence electrons. The van der Waals surface area contributed by atoms with Gasteiger partial charge in [0, 0.05) is 18.1 Å². The van der Waals surface area contributed by atoms with Crippen LogP contribution in [0.4, 0.5) is 0 Å². The Kier molecular flexibility index (Phi) is 2.44. The van der Waals surface area contributed by atoms with E-state index in [1.165, 1.54) is 0 Å². The molecule has 1 aliphatic heterocycles. The average molecular weight is 166 g/mol. The SMILES string of the molecule is CC(C)N1CCC(C#N)C1(C)C. The summed E-state index contributed by atoms with van der Waals surface area (Å²) in [7, 11) is 0. The van der Waals surface area contributed by atoms with Crippen LogP contribution in [-0.4, -0.2) is 23.0 Å². The van der Waals surface area contributed by atoms with Crippen molar-refractivity contribution in [1.29, 1.82) is 5.26 Å². The second-order valence-electron chi connectivity index (χ2n) is 4.41. The molecule has 1 heterocycles. The highest BCUT2D eigenvalue weighted by molar-refractivity contribution is 5.05. The topological polar surface area (TPSA) is 27.0 Å². The van der Waals surface area contributed by atoms with Crippen molar-refractivity contribution in [2.24, 2.45) is 5.92 Å². The molecule has 0 N–H and O–H groups in total. The normalized spacial score (nSPS) is 29.2. The third kappa shape index (κ3) is 1.34. The van der Waals surface area contributed by atoms with E-state index >= 15 is 0 Å².